The van der Waals surface area contributed by atoms with E-state index in [2.05, 4.69) is 27.4 Å². The van der Waals surface area contributed by atoms with Gasteiger partial charge in [-0.2, -0.15) is 0 Å². The molecular weight excluding hydrogens is 402 g/mol. The molecule has 3 aromatic rings. The van der Waals surface area contributed by atoms with Crippen molar-refractivity contribution in [2.75, 3.05) is 19.0 Å². The normalized spacial score (nSPS) is 15.0. The molecule has 1 fully saturated rings. The molecule has 0 bridgehead atoms. The number of methoxy groups -OCH3 is 1. The van der Waals surface area contributed by atoms with E-state index in [1.807, 2.05) is 45.0 Å². The maximum Gasteiger partial charge on any atom is 0.236 e. The second-order valence-corrected chi connectivity index (χ2v) is 7.96. The number of hydrogen-bond acceptors (Lipinski definition) is 5. The van der Waals surface area contributed by atoms with Crippen LogP contribution in [0, 0.1) is 6.92 Å². The first kappa shape index (κ1) is 21.8. The maximum absolute atomic E-state index is 13.2. The van der Waals surface area contributed by atoms with E-state index in [9.17, 15) is 4.79 Å². The SMILES string of the molecule is CC.COc1ccc(-c2cc(C)cc(NC(=O)C3(c4ccc5c(c4)OCC5)CC3)n2)cn1. The molecule has 0 atom stereocenters. The van der Waals surface area contributed by atoms with Crippen molar-refractivity contribution in [3.8, 4) is 22.9 Å². The molecule has 32 heavy (non-hydrogen) atoms. The van der Waals surface area contributed by atoms with Crippen molar-refractivity contribution in [3.05, 3.63) is 65.4 Å². The predicted octanol–water partition coefficient (Wildman–Crippen LogP) is 5.09. The summed E-state index contributed by atoms with van der Waals surface area (Å²) < 4.78 is 10.8. The van der Waals surface area contributed by atoms with Gasteiger partial charge in [0.15, 0.2) is 0 Å². The van der Waals surface area contributed by atoms with Crippen LogP contribution in [0.25, 0.3) is 11.3 Å². The number of hydrogen-bond donors (Lipinski definition) is 1. The number of pyridine rings is 2. The molecule has 1 amide bonds. The van der Waals surface area contributed by atoms with E-state index in [0.29, 0.717) is 18.3 Å². The van der Waals surface area contributed by atoms with Crippen LogP contribution in [-0.4, -0.2) is 29.6 Å². The second kappa shape index (κ2) is 8.99. The third-order valence-electron chi connectivity index (χ3n) is 5.89. The highest BCUT2D eigenvalue weighted by Crippen LogP contribution is 2.50. The van der Waals surface area contributed by atoms with E-state index < -0.39 is 5.41 Å². The van der Waals surface area contributed by atoms with Crippen molar-refractivity contribution in [3.63, 3.8) is 0 Å². The number of carbonyl (C=O) groups is 1. The summed E-state index contributed by atoms with van der Waals surface area (Å²) in [5.41, 5.74) is 4.39. The minimum atomic E-state index is -0.492. The summed E-state index contributed by atoms with van der Waals surface area (Å²) in [4.78, 5) is 22.1. The Morgan fingerprint density at radius 1 is 1.12 bits per heavy atom. The molecule has 1 N–H and O–H groups in total. The third-order valence-corrected chi connectivity index (χ3v) is 5.89. The molecule has 3 heterocycles. The van der Waals surface area contributed by atoms with Crippen LogP contribution < -0.4 is 14.8 Å². The fourth-order valence-corrected chi connectivity index (χ4v) is 4.00. The molecule has 6 nitrogen and oxygen atoms in total. The van der Waals surface area contributed by atoms with E-state index >= 15 is 0 Å². The molecule has 2 aromatic heterocycles. The lowest BCUT2D eigenvalue weighted by atomic mass is 9.93. The first-order chi connectivity index (χ1) is 15.6. The van der Waals surface area contributed by atoms with Gasteiger partial charge in [0.1, 0.15) is 11.6 Å². The second-order valence-electron chi connectivity index (χ2n) is 7.96. The summed E-state index contributed by atoms with van der Waals surface area (Å²) in [5, 5.41) is 3.05. The number of nitrogens with one attached hydrogen (secondary N) is 1. The molecule has 1 aliphatic heterocycles. The standard InChI is InChI=1S/C24H23N3O3.C2H6/c1-15-11-19(17-4-6-22(29-2)25-14-17)26-21(12-15)27-23(28)24(8-9-24)18-5-3-16-7-10-30-20(16)13-18;1-2/h3-6,11-14H,7-10H2,1-2H3,(H,26,27,28);1-2H3. The van der Waals surface area contributed by atoms with Gasteiger partial charge in [-0.25, -0.2) is 9.97 Å². The van der Waals surface area contributed by atoms with Crippen LogP contribution in [0.15, 0.2) is 48.7 Å². The number of anilines is 1. The molecule has 1 aromatic carbocycles. The van der Waals surface area contributed by atoms with Gasteiger partial charge < -0.3 is 14.8 Å². The Kier molecular flexibility index (Phi) is 6.12. The third kappa shape index (κ3) is 4.17. The zero-order chi connectivity index (χ0) is 22.7. The Hall–Kier alpha value is -3.41. The van der Waals surface area contributed by atoms with Crippen LogP contribution in [-0.2, 0) is 16.6 Å². The quantitative estimate of drug-likeness (QED) is 0.609. The van der Waals surface area contributed by atoms with Gasteiger partial charge in [-0.05, 0) is 60.7 Å². The molecular formula is C26H29N3O3. The van der Waals surface area contributed by atoms with Gasteiger partial charge in [0.05, 0.1) is 24.8 Å². The van der Waals surface area contributed by atoms with Crippen molar-refractivity contribution < 1.29 is 14.3 Å². The Labute approximate surface area is 189 Å². The van der Waals surface area contributed by atoms with Crippen molar-refractivity contribution in [2.24, 2.45) is 0 Å². The molecule has 166 valence electrons. The van der Waals surface area contributed by atoms with Gasteiger partial charge in [0.25, 0.3) is 0 Å². The number of nitrogens with zero attached hydrogens (tertiary/aromatic N) is 2. The predicted molar refractivity (Wildman–Crippen MR) is 125 cm³/mol. The highest BCUT2D eigenvalue weighted by Gasteiger charge is 2.51. The number of benzene rings is 1. The number of aryl methyl sites for hydroxylation is 1. The summed E-state index contributed by atoms with van der Waals surface area (Å²) in [5.74, 6) is 2.00. The summed E-state index contributed by atoms with van der Waals surface area (Å²) >= 11 is 0. The Morgan fingerprint density at radius 3 is 2.62 bits per heavy atom. The number of ether oxygens (including phenoxy) is 2. The van der Waals surface area contributed by atoms with Crippen LogP contribution in [0.5, 0.6) is 11.6 Å². The van der Waals surface area contributed by atoms with Crippen LogP contribution in [0.1, 0.15) is 43.4 Å². The molecule has 1 saturated carbocycles. The zero-order valence-corrected chi connectivity index (χ0v) is 19.1. The summed E-state index contributed by atoms with van der Waals surface area (Å²) in [6, 6.07) is 13.8. The molecule has 0 spiro atoms. The first-order valence-corrected chi connectivity index (χ1v) is 11.1. The molecule has 0 radical (unpaired) electrons. The lowest BCUT2D eigenvalue weighted by Gasteiger charge is -2.17. The van der Waals surface area contributed by atoms with Gasteiger partial charge in [0.2, 0.25) is 11.8 Å². The van der Waals surface area contributed by atoms with Crippen LogP contribution in [0.3, 0.4) is 0 Å². The van der Waals surface area contributed by atoms with E-state index in [1.165, 1.54) is 5.56 Å². The van der Waals surface area contributed by atoms with Gasteiger partial charge in [-0.15, -0.1) is 0 Å². The average molecular weight is 432 g/mol. The Balaban J connectivity index is 0.00000119. The van der Waals surface area contributed by atoms with Crippen LogP contribution in [0.4, 0.5) is 5.82 Å². The van der Waals surface area contributed by atoms with Crippen molar-refractivity contribution in [1.29, 1.82) is 0 Å². The van der Waals surface area contributed by atoms with Crippen molar-refractivity contribution in [2.45, 2.75) is 45.4 Å². The molecule has 2 aliphatic rings. The van der Waals surface area contributed by atoms with E-state index in [-0.39, 0.29) is 5.91 Å². The number of fused-ring (bicyclic) bond motifs is 1. The maximum atomic E-state index is 13.2. The smallest absolute Gasteiger partial charge is 0.236 e. The van der Waals surface area contributed by atoms with Gasteiger partial charge >= 0.3 is 0 Å². The van der Waals surface area contributed by atoms with Gasteiger partial charge in [-0.3, -0.25) is 4.79 Å². The lowest BCUT2D eigenvalue weighted by molar-refractivity contribution is -0.118. The average Bonchev–Trinajstić information content (AvgIpc) is 3.51. The first-order valence-electron chi connectivity index (χ1n) is 11.1. The monoisotopic (exact) mass is 431 g/mol. The molecule has 1 aliphatic carbocycles. The topological polar surface area (TPSA) is 73.3 Å². The highest BCUT2D eigenvalue weighted by atomic mass is 16.5. The van der Waals surface area contributed by atoms with Crippen molar-refractivity contribution >= 4 is 11.7 Å². The molecule has 5 rings (SSSR count). The molecule has 0 unspecified atom stereocenters. The van der Waals surface area contributed by atoms with Gasteiger partial charge in [-0.1, -0.05) is 26.0 Å². The van der Waals surface area contributed by atoms with Gasteiger partial charge in [0, 0.05) is 24.2 Å². The highest BCUT2D eigenvalue weighted by molar-refractivity contribution is 6.01. The minimum absolute atomic E-state index is 0.0163. The van der Waals surface area contributed by atoms with E-state index in [0.717, 1.165) is 47.4 Å². The molecule has 0 saturated heterocycles. The summed E-state index contributed by atoms with van der Waals surface area (Å²) in [6.45, 7) is 6.71. The molecule has 6 heteroatoms. The number of amides is 1. The fraction of sp³-hybridized carbons (Fsp3) is 0.346. The fourth-order valence-electron chi connectivity index (χ4n) is 4.00. The lowest BCUT2D eigenvalue weighted by Crippen LogP contribution is -2.28. The van der Waals surface area contributed by atoms with Crippen molar-refractivity contribution in [1.82, 2.24) is 9.97 Å². The van der Waals surface area contributed by atoms with E-state index in [1.54, 1.807) is 19.4 Å². The summed E-state index contributed by atoms with van der Waals surface area (Å²) in [6.07, 6.45) is 4.32. The van der Waals surface area contributed by atoms with Crippen LogP contribution >= 0.6 is 0 Å². The Morgan fingerprint density at radius 2 is 1.94 bits per heavy atom. The number of carbonyl (C=O) groups excluding carboxylic acids is 1. The minimum Gasteiger partial charge on any atom is -0.493 e. The number of rotatable bonds is 5. The van der Waals surface area contributed by atoms with E-state index in [4.69, 9.17) is 9.47 Å². The number of aromatic nitrogens is 2. The summed E-state index contributed by atoms with van der Waals surface area (Å²) in [7, 11) is 1.58. The largest absolute Gasteiger partial charge is 0.493 e. The zero-order valence-electron chi connectivity index (χ0n) is 19.1. The van der Waals surface area contributed by atoms with Crippen LogP contribution in [0.2, 0.25) is 0 Å². The Bertz CT molecular complexity index is 1120.